The van der Waals surface area contributed by atoms with Gasteiger partial charge < -0.3 is 29.3 Å². The van der Waals surface area contributed by atoms with Crippen molar-refractivity contribution < 1.29 is 24.2 Å². The molecule has 1 atom stereocenters. The van der Waals surface area contributed by atoms with Crippen molar-refractivity contribution in [2.75, 3.05) is 5.32 Å². The van der Waals surface area contributed by atoms with E-state index in [9.17, 15) is 15.0 Å². The largest absolute Gasteiger partial charge is 0.494 e. The monoisotopic (exact) mass is 467 g/mol. The highest BCUT2D eigenvalue weighted by Gasteiger charge is 2.26. The van der Waals surface area contributed by atoms with Gasteiger partial charge in [0.15, 0.2) is 34.9 Å². The van der Waals surface area contributed by atoms with Crippen LogP contribution in [0.5, 0.6) is 17.4 Å². The van der Waals surface area contributed by atoms with Crippen LogP contribution in [0.2, 0.25) is 0 Å². The summed E-state index contributed by atoms with van der Waals surface area (Å²) in [6.07, 6.45) is 5.10. The Balaban J connectivity index is 1.55. The summed E-state index contributed by atoms with van der Waals surface area (Å²) in [5, 5.41) is 27.7. The predicted octanol–water partition coefficient (Wildman–Crippen LogP) is 4.32. The number of aliphatic hydroxyl groups is 1. The molecule has 0 fully saturated rings. The minimum absolute atomic E-state index is 0.101. The second kappa shape index (κ2) is 9.22. The van der Waals surface area contributed by atoms with Crippen LogP contribution in [-0.4, -0.2) is 41.1 Å². The van der Waals surface area contributed by atoms with Crippen molar-refractivity contribution in [1.29, 1.82) is 0 Å². The van der Waals surface area contributed by atoms with E-state index in [0.717, 1.165) is 0 Å². The summed E-state index contributed by atoms with van der Waals surface area (Å²) in [5.74, 6) is 0.964. The fourth-order valence-electron chi connectivity index (χ4n) is 3.73. The van der Waals surface area contributed by atoms with Crippen molar-refractivity contribution in [1.82, 2.24) is 19.3 Å². The average Bonchev–Trinajstić information content (AvgIpc) is 3.46. The van der Waals surface area contributed by atoms with Crippen molar-refractivity contribution >= 4 is 22.8 Å². The first kappa shape index (κ1) is 23.4. The third kappa shape index (κ3) is 5.40. The summed E-state index contributed by atoms with van der Waals surface area (Å²) in [5.41, 5.74) is 0.215. The van der Waals surface area contributed by atoms with Gasteiger partial charge >= 0.3 is 0 Å². The highest BCUT2D eigenvalue weighted by Crippen LogP contribution is 2.34. The number of hydrogen-bond acceptors (Lipinski definition) is 7. The number of rotatable bonds is 9. The first-order valence-corrected chi connectivity index (χ1v) is 11.1. The molecule has 4 aromatic rings. The van der Waals surface area contributed by atoms with Crippen LogP contribution in [-0.2, 0) is 11.3 Å². The molecule has 0 bridgehead atoms. The number of benzene rings is 1. The SMILES string of the molecule is CC(C)C[C@@H](C(=O)Nc1ccn(CC(C)(C)O)n1)n1cc(Oc2cccc3ocnc23)cc1O. The number of para-hydroxylation sites is 1. The van der Waals surface area contributed by atoms with Gasteiger partial charge in [0.25, 0.3) is 0 Å². The van der Waals surface area contributed by atoms with Crippen LogP contribution in [0.25, 0.3) is 11.1 Å². The molecule has 0 spiro atoms. The van der Waals surface area contributed by atoms with E-state index in [1.165, 1.54) is 17.0 Å². The Kier molecular flexibility index (Phi) is 6.34. The first-order chi connectivity index (χ1) is 16.1. The van der Waals surface area contributed by atoms with E-state index in [2.05, 4.69) is 15.4 Å². The fourth-order valence-corrected chi connectivity index (χ4v) is 3.73. The van der Waals surface area contributed by atoms with Gasteiger partial charge in [0.05, 0.1) is 18.3 Å². The molecule has 0 unspecified atom stereocenters. The first-order valence-electron chi connectivity index (χ1n) is 11.1. The van der Waals surface area contributed by atoms with Gasteiger partial charge in [0, 0.05) is 18.3 Å². The Morgan fingerprint density at radius 1 is 1.29 bits per heavy atom. The van der Waals surface area contributed by atoms with Gasteiger partial charge in [0.1, 0.15) is 11.8 Å². The number of hydrogen-bond donors (Lipinski definition) is 3. The normalized spacial score (nSPS) is 12.9. The summed E-state index contributed by atoms with van der Waals surface area (Å²) in [4.78, 5) is 17.4. The lowest BCUT2D eigenvalue weighted by Crippen LogP contribution is -2.28. The van der Waals surface area contributed by atoms with Crippen molar-refractivity contribution in [3.63, 3.8) is 0 Å². The quantitative estimate of drug-likeness (QED) is 0.334. The fraction of sp³-hybridized carbons (Fsp3) is 0.375. The maximum Gasteiger partial charge on any atom is 0.248 e. The van der Waals surface area contributed by atoms with E-state index in [4.69, 9.17) is 9.15 Å². The summed E-state index contributed by atoms with van der Waals surface area (Å²) in [7, 11) is 0. The standard InChI is InChI=1S/C24H29N5O5/c1-15(2)10-17(23(31)26-20-8-9-28(27-20)13-24(3,4)32)29-12-16(11-21(29)30)34-19-7-5-6-18-22(19)25-14-33-18/h5-9,11-12,14-15,17,30,32H,10,13H2,1-4H3,(H,26,27,31)/t17-/m0/s1. The Bertz CT molecular complexity index is 1280. The molecule has 10 heteroatoms. The number of carbonyl (C=O) groups is 1. The molecule has 180 valence electrons. The maximum atomic E-state index is 13.2. The minimum atomic E-state index is -0.933. The number of nitrogens with zero attached hydrogens (tertiary/aromatic N) is 4. The van der Waals surface area contributed by atoms with Gasteiger partial charge in [-0.25, -0.2) is 4.98 Å². The van der Waals surface area contributed by atoms with Gasteiger partial charge in [-0.2, -0.15) is 5.10 Å². The lowest BCUT2D eigenvalue weighted by molar-refractivity contribution is -0.119. The van der Waals surface area contributed by atoms with Crippen LogP contribution in [0, 0.1) is 5.92 Å². The van der Waals surface area contributed by atoms with E-state index in [1.54, 1.807) is 55.2 Å². The molecule has 0 aliphatic heterocycles. The second-order valence-electron chi connectivity index (χ2n) is 9.34. The van der Waals surface area contributed by atoms with Crippen LogP contribution in [0.1, 0.15) is 40.2 Å². The number of aromatic nitrogens is 4. The highest BCUT2D eigenvalue weighted by molar-refractivity contribution is 5.93. The van der Waals surface area contributed by atoms with Gasteiger partial charge in [0.2, 0.25) is 5.91 Å². The number of anilines is 1. The Morgan fingerprint density at radius 2 is 2.09 bits per heavy atom. The van der Waals surface area contributed by atoms with E-state index >= 15 is 0 Å². The van der Waals surface area contributed by atoms with Crippen LogP contribution < -0.4 is 10.1 Å². The third-order valence-electron chi connectivity index (χ3n) is 5.13. The minimum Gasteiger partial charge on any atom is -0.494 e. The van der Waals surface area contributed by atoms with Gasteiger partial charge in [-0.05, 0) is 38.3 Å². The summed E-state index contributed by atoms with van der Waals surface area (Å²) in [6, 6.07) is 7.74. The van der Waals surface area contributed by atoms with Crippen molar-refractivity contribution in [2.24, 2.45) is 5.92 Å². The molecule has 0 aliphatic rings. The lowest BCUT2D eigenvalue weighted by atomic mass is 10.0. The molecule has 1 amide bonds. The molecule has 0 radical (unpaired) electrons. The van der Waals surface area contributed by atoms with Crippen LogP contribution in [0.4, 0.5) is 5.82 Å². The van der Waals surface area contributed by atoms with Crippen molar-refractivity contribution in [2.45, 2.75) is 52.3 Å². The Hall–Kier alpha value is -3.79. The summed E-state index contributed by atoms with van der Waals surface area (Å²) in [6.45, 7) is 7.66. The molecule has 4 rings (SSSR count). The zero-order valence-corrected chi connectivity index (χ0v) is 19.6. The molecule has 3 aromatic heterocycles. The molecule has 34 heavy (non-hydrogen) atoms. The van der Waals surface area contributed by atoms with Gasteiger partial charge in [-0.15, -0.1) is 0 Å². The topological polar surface area (TPSA) is 128 Å². The van der Waals surface area contributed by atoms with Crippen molar-refractivity contribution in [3.05, 3.63) is 49.1 Å². The molecule has 3 heterocycles. The molecule has 0 aliphatic carbocycles. The number of carbonyl (C=O) groups excluding carboxylic acids is 1. The van der Waals surface area contributed by atoms with Crippen molar-refractivity contribution in [3.8, 4) is 17.4 Å². The zero-order valence-electron chi connectivity index (χ0n) is 19.6. The molecule has 1 aromatic carbocycles. The molecule has 3 N–H and O–H groups in total. The van der Waals surface area contributed by atoms with Gasteiger partial charge in [-0.1, -0.05) is 19.9 Å². The van der Waals surface area contributed by atoms with E-state index in [-0.39, 0.29) is 24.2 Å². The second-order valence-corrected chi connectivity index (χ2v) is 9.34. The number of aromatic hydroxyl groups is 1. The van der Waals surface area contributed by atoms with Crippen LogP contribution >= 0.6 is 0 Å². The lowest BCUT2D eigenvalue weighted by Gasteiger charge is -2.20. The van der Waals surface area contributed by atoms with Crippen LogP contribution in [0.3, 0.4) is 0 Å². The maximum absolute atomic E-state index is 13.2. The number of oxazole rings is 1. The number of ether oxygens (including phenoxy) is 1. The zero-order chi connectivity index (χ0) is 24.5. The Labute approximate surface area is 196 Å². The van der Waals surface area contributed by atoms with E-state index in [0.29, 0.717) is 34.8 Å². The van der Waals surface area contributed by atoms with E-state index in [1.807, 2.05) is 13.8 Å². The Morgan fingerprint density at radius 3 is 2.82 bits per heavy atom. The predicted molar refractivity (Wildman–Crippen MR) is 126 cm³/mol. The molecule has 0 saturated heterocycles. The average molecular weight is 468 g/mol. The molecule has 0 saturated carbocycles. The molecular weight excluding hydrogens is 438 g/mol. The van der Waals surface area contributed by atoms with E-state index < -0.39 is 11.6 Å². The molecular formula is C24H29N5O5. The number of fused-ring (bicyclic) bond motifs is 1. The summed E-state index contributed by atoms with van der Waals surface area (Å²) < 4.78 is 14.3. The number of amides is 1. The molecule has 10 nitrogen and oxygen atoms in total. The summed E-state index contributed by atoms with van der Waals surface area (Å²) >= 11 is 0. The highest BCUT2D eigenvalue weighted by atomic mass is 16.5. The number of nitrogens with one attached hydrogen (secondary N) is 1. The third-order valence-corrected chi connectivity index (χ3v) is 5.13. The smallest absolute Gasteiger partial charge is 0.248 e. The van der Waals surface area contributed by atoms with Gasteiger partial charge in [-0.3, -0.25) is 9.48 Å². The van der Waals surface area contributed by atoms with Crippen LogP contribution in [0.15, 0.2) is 53.5 Å².